The second-order valence-corrected chi connectivity index (χ2v) is 14.0. The van der Waals surface area contributed by atoms with Crippen LogP contribution in [-0.4, -0.2) is 9.97 Å². The average molecular weight is 721 g/mol. The highest BCUT2D eigenvalue weighted by atomic mass is 15.2. The van der Waals surface area contributed by atoms with E-state index in [0.717, 1.165) is 89.6 Å². The van der Waals surface area contributed by atoms with Gasteiger partial charge in [-0.25, -0.2) is 9.97 Å². The van der Waals surface area contributed by atoms with Crippen LogP contribution in [0.4, 0.5) is 11.6 Å². The fourth-order valence-corrected chi connectivity index (χ4v) is 7.46. The Morgan fingerprint density at radius 2 is 0.589 bits per heavy atom. The highest BCUT2D eigenvalue weighted by molar-refractivity contribution is 6.05. The van der Waals surface area contributed by atoms with E-state index in [9.17, 15) is 0 Å². The van der Waals surface area contributed by atoms with Crippen molar-refractivity contribution in [2.45, 2.75) is 13.8 Å². The molecule has 2 aliphatic heterocycles. The van der Waals surface area contributed by atoms with Gasteiger partial charge in [-0.1, -0.05) is 158 Å². The lowest BCUT2D eigenvalue weighted by Gasteiger charge is -2.33. The summed E-state index contributed by atoms with van der Waals surface area (Å²) in [6.45, 7) is 4.09. The predicted octanol–water partition coefficient (Wildman–Crippen LogP) is 10.6. The number of pyridine rings is 2. The number of allylic oxidation sites excluding steroid dienone is 4. The monoisotopic (exact) mass is 720 g/mol. The number of rotatable bonds is 6. The molecule has 4 heteroatoms. The normalized spacial score (nSPS) is 14.2. The van der Waals surface area contributed by atoms with Crippen molar-refractivity contribution in [3.8, 4) is 0 Å². The fourth-order valence-electron chi connectivity index (χ4n) is 7.46. The van der Waals surface area contributed by atoms with Crippen LogP contribution < -0.4 is 20.2 Å². The van der Waals surface area contributed by atoms with Crippen molar-refractivity contribution in [3.05, 3.63) is 250 Å². The lowest BCUT2D eigenvalue weighted by Crippen LogP contribution is -2.26. The molecule has 2 aromatic heterocycles. The smallest absolute Gasteiger partial charge is 0.137 e. The molecule has 0 unspecified atom stereocenters. The van der Waals surface area contributed by atoms with E-state index in [0.29, 0.717) is 0 Å². The Morgan fingerprint density at radius 1 is 0.304 bits per heavy atom. The number of hydrogen-bond donors (Lipinski definition) is 0. The highest BCUT2D eigenvalue weighted by Gasteiger charge is 2.27. The Labute approximate surface area is 328 Å². The number of benzene rings is 5. The Morgan fingerprint density at radius 3 is 0.857 bits per heavy atom. The number of anilines is 2. The third kappa shape index (κ3) is 6.92. The Kier molecular flexibility index (Phi) is 9.36. The second kappa shape index (κ2) is 15.2. The van der Waals surface area contributed by atoms with Crippen LogP contribution in [0.1, 0.15) is 33.6 Å². The molecule has 0 aliphatic carbocycles. The zero-order chi connectivity index (χ0) is 37.8. The molecule has 56 heavy (non-hydrogen) atoms. The lowest BCUT2D eigenvalue weighted by atomic mass is 9.95. The van der Waals surface area contributed by atoms with Crippen LogP contribution in [0.3, 0.4) is 0 Å². The Balaban J connectivity index is 1.25. The maximum absolute atomic E-state index is 5.01. The van der Waals surface area contributed by atoms with Crippen LogP contribution in [0.5, 0.6) is 0 Å². The summed E-state index contributed by atoms with van der Waals surface area (Å²) in [5, 5.41) is 2.27. The lowest BCUT2D eigenvalue weighted by molar-refractivity contribution is 1.13. The number of aryl methyl sites for hydroxylation is 2. The summed E-state index contributed by atoms with van der Waals surface area (Å²) in [4.78, 5) is 14.6. The summed E-state index contributed by atoms with van der Waals surface area (Å²) in [5.74, 6) is 1.77. The van der Waals surface area contributed by atoms with Gasteiger partial charge in [-0.15, -0.1) is 0 Å². The van der Waals surface area contributed by atoms with Crippen LogP contribution >= 0.6 is 0 Å². The zero-order valence-corrected chi connectivity index (χ0v) is 31.4. The molecular formula is C52H40N4. The van der Waals surface area contributed by atoms with Gasteiger partial charge < -0.3 is 0 Å². The second-order valence-electron chi connectivity index (χ2n) is 14.0. The third-order valence-corrected chi connectivity index (χ3v) is 10.2. The fraction of sp³-hybridized carbons (Fsp3) is 0.0385. The molecule has 0 radical (unpaired) electrons. The first kappa shape index (κ1) is 34.5. The first-order valence-electron chi connectivity index (χ1n) is 19.0. The molecule has 0 atom stereocenters. The Hall–Kier alpha value is -7.30. The van der Waals surface area contributed by atoms with Gasteiger partial charge in [0.25, 0.3) is 0 Å². The first-order valence-corrected chi connectivity index (χ1v) is 19.0. The van der Waals surface area contributed by atoms with Gasteiger partial charge in [0.05, 0.1) is 22.8 Å². The van der Waals surface area contributed by atoms with Crippen molar-refractivity contribution >= 4 is 45.6 Å². The molecule has 7 aromatic rings. The van der Waals surface area contributed by atoms with E-state index in [-0.39, 0.29) is 0 Å². The summed E-state index contributed by atoms with van der Waals surface area (Å²) in [6, 6.07) is 63.8. The molecule has 0 bridgehead atoms. The molecule has 0 spiro atoms. The van der Waals surface area contributed by atoms with Gasteiger partial charge in [-0.05, 0) is 106 Å². The molecular weight excluding hydrogens is 681 g/mol. The summed E-state index contributed by atoms with van der Waals surface area (Å²) in [6.07, 6.45) is 9.17. The summed E-state index contributed by atoms with van der Waals surface area (Å²) in [5.41, 5.74) is 13.0. The minimum atomic E-state index is 0.884. The molecule has 5 aromatic carbocycles. The quantitative estimate of drug-likeness (QED) is 0.171. The average Bonchev–Trinajstić information content (AvgIpc) is 3.27. The molecule has 2 aliphatic rings. The summed E-state index contributed by atoms with van der Waals surface area (Å²) >= 11 is 0. The van der Waals surface area contributed by atoms with E-state index >= 15 is 0 Å². The predicted molar refractivity (Wildman–Crippen MR) is 233 cm³/mol. The molecule has 0 N–H and O–H groups in total. The molecule has 0 saturated heterocycles. The van der Waals surface area contributed by atoms with E-state index < -0.39 is 0 Å². The third-order valence-electron chi connectivity index (χ3n) is 10.2. The van der Waals surface area contributed by atoms with Crippen molar-refractivity contribution < 1.29 is 0 Å². The summed E-state index contributed by atoms with van der Waals surface area (Å²) in [7, 11) is 0. The van der Waals surface area contributed by atoms with Crippen LogP contribution in [0.2, 0.25) is 0 Å². The van der Waals surface area contributed by atoms with Crippen molar-refractivity contribution in [1.82, 2.24) is 9.97 Å². The van der Waals surface area contributed by atoms with Crippen molar-refractivity contribution in [2.75, 3.05) is 9.80 Å². The van der Waals surface area contributed by atoms with E-state index in [1.54, 1.807) is 0 Å². The minimum Gasteiger partial charge on any atom is -0.294 e. The molecule has 9 rings (SSSR count). The van der Waals surface area contributed by atoms with Crippen LogP contribution in [0, 0.1) is 13.8 Å². The van der Waals surface area contributed by atoms with E-state index in [1.807, 2.05) is 26.0 Å². The molecule has 268 valence electrons. The zero-order valence-electron chi connectivity index (χ0n) is 31.4. The van der Waals surface area contributed by atoms with Gasteiger partial charge >= 0.3 is 0 Å². The van der Waals surface area contributed by atoms with Crippen LogP contribution in [0.25, 0.3) is 33.9 Å². The first-order chi connectivity index (χ1) is 27.6. The van der Waals surface area contributed by atoms with Crippen molar-refractivity contribution in [2.24, 2.45) is 0 Å². The molecule has 4 heterocycles. The molecule has 0 saturated carbocycles. The minimum absolute atomic E-state index is 0.884. The van der Waals surface area contributed by atoms with Crippen molar-refractivity contribution in [3.63, 3.8) is 0 Å². The number of aromatic nitrogens is 2. The van der Waals surface area contributed by atoms with Gasteiger partial charge in [-0.3, -0.25) is 9.80 Å². The van der Waals surface area contributed by atoms with Gasteiger partial charge in [-0.2, -0.15) is 0 Å². The van der Waals surface area contributed by atoms with E-state index in [4.69, 9.17) is 9.97 Å². The van der Waals surface area contributed by atoms with E-state index in [2.05, 4.69) is 204 Å². The largest absolute Gasteiger partial charge is 0.294 e. The molecule has 0 fully saturated rings. The maximum atomic E-state index is 5.01. The van der Waals surface area contributed by atoms with Gasteiger partial charge in [0, 0.05) is 11.4 Å². The van der Waals surface area contributed by atoms with Gasteiger partial charge in [0.1, 0.15) is 11.6 Å². The van der Waals surface area contributed by atoms with Gasteiger partial charge in [0.2, 0.25) is 0 Å². The maximum Gasteiger partial charge on any atom is 0.137 e. The summed E-state index contributed by atoms with van der Waals surface area (Å²) < 4.78 is 0. The van der Waals surface area contributed by atoms with Crippen LogP contribution in [0.15, 0.2) is 206 Å². The Bertz CT molecular complexity index is 2460. The number of nitrogens with zero attached hydrogens (tertiary/aromatic N) is 4. The van der Waals surface area contributed by atoms with Gasteiger partial charge in [0.15, 0.2) is 0 Å². The highest BCUT2D eigenvalue weighted by Crippen LogP contribution is 2.40. The van der Waals surface area contributed by atoms with Crippen LogP contribution in [-0.2, 0) is 0 Å². The number of hydrogen-bond acceptors (Lipinski definition) is 4. The van der Waals surface area contributed by atoms with E-state index in [1.165, 1.54) is 0 Å². The van der Waals surface area contributed by atoms with Crippen molar-refractivity contribution in [1.29, 1.82) is 0 Å². The topological polar surface area (TPSA) is 32.3 Å². The standard InChI is InChI=1S/C52H40N4/c1-37-17-15-27-51(53-37)55-47(41-19-7-3-8-20-41)33-45(34-48(55)42-21-9-4-10-22-42)39-29-31-40(32-30-39)46-35-49(43-23-11-5-12-24-43)56(52-28-16-18-38(2)54-52)50(36-46)44-25-13-6-14-26-44/h3-36H,1-2H3. The molecule has 4 nitrogen and oxygen atoms in total. The SMILES string of the molecule is Cc1cccc(N2C(c3ccccc3)=CC(=c3ccc(=C4C=C(c5ccccc5)N(c5cccc(C)n5)C(c5ccccc5)=C4)cc3)C=C2c2ccccc2)n1. The molecule has 0 amide bonds.